The van der Waals surface area contributed by atoms with E-state index in [1.807, 2.05) is 0 Å². The van der Waals surface area contributed by atoms with Crippen LogP contribution in [-0.2, 0) is 42.7 Å². The van der Waals surface area contributed by atoms with Crippen LogP contribution in [0.5, 0.6) is 0 Å². The fourth-order valence-electron chi connectivity index (χ4n) is 2.51. The molecular formula is C20H40N10O9. The Kier molecular flexibility index (Phi) is 27.9. The molecule has 39 heavy (non-hydrogen) atoms. The second-order valence-electron chi connectivity index (χ2n) is 7.50. The van der Waals surface area contributed by atoms with Crippen LogP contribution in [0.3, 0.4) is 0 Å². The summed E-state index contributed by atoms with van der Waals surface area (Å²) >= 11 is 0. The van der Waals surface area contributed by atoms with E-state index in [1.165, 1.54) is 0 Å². The maximum atomic E-state index is 8.19. The summed E-state index contributed by atoms with van der Waals surface area (Å²) < 4.78 is 43.6. The minimum atomic E-state index is -0.917. The number of hydrogen-bond donors (Lipinski definition) is 1. The Hall–Kier alpha value is -2.63. The molecular weight excluding hydrogens is 524 g/mol. The first kappa shape index (κ1) is 36.4. The fraction of sp³-hybridized carbons (Fsp3) is 1.00. The molecule has 0 saturated heterocycles. The van der Waals surface area contributed by atoms with Gasteiger partial charge < -0.3 is 48.5 Å². The van der Waals surface area contributed by atoms with Crippen molar-refractivity contribution >= 4 is 0 Å². The van der Waals surface area contributed by atoms with Gasteiger partial charge in [0.25, 0.3) is 0 Å². The average Bonchev–Trinajstić information content (AvgIpc) is 2.94. The highest BCUT2D eigenvalue weighted by molar-refractivity contribution is 4.84. The lowest BCUT2D eigenvalue weighted by molar-refractivity contribution is -0.0549. The second-order valence-corrected chi connectivity index (χ2v) is 7.50. The van der Waals surface area contributed by atoms with Gasteiger partial charge in [0.15, 0.2) is 0 Å². The van der Waals surface area contributed by atoms with Crippen molar-refractivity contribution in [3.63, 3.8) is 0 Å². The lowest BCUT2D eigenvalue weighted by Crippen LogP contribution is -2.53. The van der Waals surface area contributed by atoms with Crippen molar-refractivity contribution in [3.05, 3.63) is 31.3 Å². The van der Waals surface area contributed by atoms with Gasteiger partial charge in [0.05, 0.1) is 111 Å². The lowest BCUT2D eigenvalue weighted by Gasteiger charge is -2.29. The third-order valence-corrected chi connectivity index (χ3v) is 4.24. The summed E-state index contributed by atoms with van der Waals surface area (Å²) in [6.07, 6.45) is 0. The zero-order valence-electron chi connectivity index (χ0n) is 22.2. The van der Waals surface area contributed by atoms with Gasteiger partial charge in [-0.25, -0.2) is 0 Å². The third-order valence-electron chi connectivity index (χ3n) is 4.24. The number of ether oxygens (including phenoxy) is 8. The van der Waals surface area contributed by atoms with E-state index in [4.69, 9.17) is 60.2 Å². The Morgan fingerprint density at radius 3 is 1.15 bits per heavy atom. The molecule has 0 unspecified atom stereocenters. The molecule has 0 fully saturated rings. The molecule has 0 radical (unpaired) electrons. The summed E-state index contributed by atoms with van der Waals surface area (Å²) in [6, 6.07) is 0. The molecule has 224 valence electrons. The van der Waals surface area contributed by atoms with Gasteiger partial charge in [-0.2, -0.15) is 0 Å². The van der Waals surface area contributed by atoms with Crippen molar-refractivity contribution in [2.24, 2.45) is 21.2 Å². The van der Waals surface area contributed by atoms with Crippen molar-refractivity contribution in [1.82, 2.24) is 0 Å². The van der Waals surface area contributed by atoms with Crippen LogP contribution in [0.2, 0.25) is 0 Å². The number of nitrogens with zero attached hydrogens (tertiary/aromatic N) is 9. The molecule has 0 heterocycles. The summed E-state index contributed by atoms with van der Waals surface area (Å²) in [5.74, 6) is 0. The van der Waals surface area contributed by atoms with E-state index < -0.39 is 5.54 Å². The van der Waals surface area contributed by atoms with Crippen LogP contribution in [0.1, 0.15) is 0 Å². The minimum absolute atomic E-state index is 0.139. The molecule has 0 amide bonds. The summed E-state index contributed by atoms with van der Waals surface area (Å²) in [5, 5.41) is 9.68. The molecule has 0 aliphatic heterocycles. The average molecular weight is 565 g/mol. The number of azide groups is 3. The fourth-order valence-corrected chi connectivity index (χ4v) is 2.51. The van der Waals surface area contributed by atoms with Crippen LogP contribution in [0.15, 0.2) is 15.5 Å². The summed E-state index contributed by atoms with van der Waals surface area (Å²) in [4.78, 5) is 12.3. The molecule has 2 N–H and O–H groups in total. The topological polar surface area (TPSA) is 255 Å². The van der Waals surface area contributed by atoms with Gasteiger partial charge in [0.2, 0.25) is 0 Å². The van der Waals surface area contributed by atoms with Crippen LogP contribution in [0, 0.1) is 0 Å². The molecule has 0 aromatic rings. The van der Waals surface area contributed by atoms with E-state index in [0.29, 0.717) is 72.7 Å². The Morgan fingerprint density at radius 2 is 0.795 bits per heavy atom. The Bertz CT molecular complexity index is 667. The monoisotopic (exact) mass is 564 g/mol. The molecule has 0 rings (SSSR count). The van der Waals surface area contributed by atoms with Crippen LogP contribution in [-0.4, -0.2) is 131 Å². The lowest BCUT2D eigenvalue weighted by atomic mass is 10.1. The Morgan fingerprint density at radius 1 is 0.462 bits per heavy atom. The quantitative estimate of drug-likeness (QED) is 0.0418. The summed E-state index contributed by atoms with van der Waals surface area (Å²) in [5.41, 5.74) is 30.0. The summed E-state index contributed by atoms with van der Waals surface area (Å²) in [6.45, 7) is 5.55. The zero-order chi connectivity index (χ0) is 28.5. The molecule has 0 spiro atoms. The zero-order valence-corrected chi connectivity index (χ0v) is 22.2. The van der Waals surface area contributed by atoms with Crippen molar-refractivity contribution in [3.8, 4) is 0 Å². The number of hydrogen-bond acceptors (Lipinski definition) is 13. The third kappa shape index (κ3) is 28.2. The maximum Gasteiger partial charge on any atom is 0.120 e. The molecule has 0 aliphatic rings. The van der Waals surface area contributed by atoms with Crippen LogP contribution in [0.4, 0.5) is 0 Å². The first-order valence-corrected chi connectivity index (χ1v) is 12.3. The molecule has 0 atom stereocenters. The van der Waals surface area contributed by atoms with E-state index in [2.05, 4.69) is 35.1 Å². The largest absolute Gasteiger partial charge is 0.431 e. The van der Waals surface area contributed by atoms with E-state index >= 15 is 0 Å². The van der Waals surface area contributed by atoms with Crippen LogP contribution < -0.4 is 5.73 Å². The van der Waals surface area contributed by atoms with Gasteiger partial charge >= 0.3 is 0 Å². The normalized spacial score (nSPS) is 12.1. The molecule has 0 aromatic heterocycles. The van der Waals surface area contributed by atoms with E-state index in [0.717, 1.165) is 0 Å². The number of rotatable bonds is 31. The first-order chi connectivity index (χ1) is 19.2. The molecule has 0 aromatic carbocycles. The maximum absolute atomic E-state index is 8.19. The van der Waals surface area contributed by atoms with E-state index in [9.17, 15) is 0 Å². The summed E-state index contributed by atoms with van der Waals surface area (Å²) in [7, 11) is 0. The minimum Gasteiger partial charge on any atom is -0.431 e. The van der Waals surface area contributed by atoms with Crippen LogP contribution >= 0.6 is 0 Å². The second kappa shape index (κ2) is 29.9. The highest BCUT2D eigenvalue weighted by Gasteiger charge is 2.26. The molecule has 19 heteroatoms. The number of nitrogens with two attached hydrogens (primary N) is 1. The van der Waals surface area contributed by atoms with Crippen molar-refractivity contribution in [2.45, 2.75) is 5.54 Å². The SMILES string of the molecule is [N-]=[N+]=NCCOCCOCCOCC(N)(COCCOCCOCCN=[N+]=[N-])COCCOCCON=[N+]=[N-]. The smallest absolute Gasteiger partial charge is 0.120 e. The van der Waals surface area contributed by atoms with Gasteiger partial charge in [-0.3, -0.25) is 0 Å². The standard InChI is InChI=1S/C20H40N10O9/c21-20(19-38-14-11-35-15-16-39-30-29-24,17-36-12-9-33-7-5-31-3-1-25-27-22)18-37-13-10-34-8-6-32-4-2-26-28-23/h1-19,21H2. The van der Waals surface area contributed by atoms with Gasteiger partial charge in [-0.1, -0.05) is 10.2 Å². The van der Waals surface area contributed by atoms with Gasteiger partial charge in [0, 0.05) is 27.8 Å². The van der Waals surface area contributed by atoms with E-state index in [-0.39, 0.29) is 52.7 Å². The van der Waals surface area contributed by atoms with Gasteiger partial charge in [0.1, 0.15) is 11.9 Å². The van der Waals surface area contributed by atoms with Gasteiger partial charge in [-0.15, -0.1) is 0 Å². The predicted octanol–water partition coefficient (Wildman–Crippen LogP) is 1.68. The Balaban J connectivity index is 4.12. The van der Waals surface area contributed by atoms with Crippen molar-refractivity contribution < 1.29 is 42.7 Å². The first-order valence-electron chi connectivity index (χ1n) is 12.3. The molecule has 0 aliphatic carbocycles. The molecule has 0 saturated carbocycles. The highest BCUT2D eigenvalue weighted by atomic mass is 16.7. The van der Waals surface area contributed by atoms with Gasteiger partial charge in [-0.05, 0) is 16.6 Å². The molecule has 0 bridgehead atoms. The Labute approximate surface area is 226 Å². The van der Waals surface area contributed by atoms with Crippen molar-refractivity contribution in [1.29, 1.82) is 0 Å². The van der Waals surface area contributed by atoms with E-state index in [1.54, 1.807) is 0 Å². The molecule has 19 nitrogen and oxygen atoms in total. The highest BCUT2D eigenvalue weighted by Crippen LogP contribution is 2.05. The van der Waals surface area contributed by atoms with Crippen molar-refractivity contribution in [2.75, 3.05) is 125 Å². The van der Waals surface area contributed by atoms with Crippen LogP contribution in [0.25, 0.3) is 31.3 Å². The predicted molar refractivity (Wildman–Crippen MR) is 137 cm³/mol.